The summed E-state index contributed by atoms with van der Waals surface area (Å²) in [5, 5.41) is 0. The SMILES string of the molecule is Nc1ccc(Oc2ccc(OCCCCCCCCCCOc3ccc(Oc4ccc(N)cc4)cc3)cc2)cc1. The minimum Gasteiger partial charge on any atom is -0.494 e. The monoisotopic (exact) mass is 540 g/mol. The lowest BCUT2D eigenvalue weighted by Gasteiger charge is -2.09. The molecule has 40 heavy (non-hydrogen) atoms. The molecule has 0 fully saturated rings. The second kappa shape index (κ2) is 15.9. The number of unbranched alkanes of at least 4 members (excludes halogenated alkanes) is 7. The quantitative estimate of drug-likeness (QED) is 0.103. The first-order valence-corrected chi connectivity index (χ1v) is 14.2. The van der Waals surface area contributed by atoms with E-state index in [2.05, 4.69) is 0 Å². The van der Waals surface area contributed by atoms with Gasteiger partial charge in [0.2, 0.25) is 0 Å². The molecule has 0 amide bonds. The largest absolute Gasteiger partial charge is 0.494 e. The van der Waals surface area contributed by atoms with Gasteiger partial charge in [0.05, 0.1) is 13.2 Å². The van der Waals surface area contributed by atoms with E-state index in [1.807, 2.05) is 97.1 Å². The van der Waals surface area contributed by atoms with Gasteiger partial charge in [-0.15, -0.1) is 0 Å². The molecule has 4 N–H and O–H groups in total. The molecule has 4 aromatic carbocycles. The Hall–Kier alpha value is -4.32. The Morgan fingerprint density at radius 3 is 0.900 bits per heavy atom. The minimum atomic E-state index is 0.721. The van der Waals surface area contributed by atoms with Crippen molar-refractivity contribution in [3.8, 4) is 34.5 Å². The molecule has 0 saturated heterocycles. The van der Waals surface area contributed by atoms with E-state index in [0.29, 0.717) is 0 Å². The fraction of sp³-hybridized carbons (Fsp3) is 0.294. The highest BCUT2D eigenvalue weighted by molar-refractivity contribution is 5.44. The van der Waals surface area contributed by atoms with Gasteiger partial charge in [0, 0.05) is 11.4 Å². The number of anilines is 2. The van der Waals surface area contributed by atoms with Crippen LogP contribution in [-0.4, -0.2) is 13.2 Å². The number of hydrogen-bond donors (Lipinski definition) is 2. The van der Waals surface area contributed by atoms with Crippen LogP contribution in [-0.2, 0) is 0 Å². The van der Waals surface area contributed by atoms with Gasteiger partial charge in [0.1, 0.15) is 34.5 Å². The fourth-order valence-electron chi connectivity index (χ4n) is 4.20. The van der Waals surface area contributed by atoms with E-state index in [1.54, 1.807) is 0 Å². The normalized spacial score (nSPS) is 10.7. The van der Waals surface area contributed by atoms with Crippen molar-refractivity contribution < 1.29 is 18.9 Å². The van der Waals surface area contributed by atoms with Crippen molar-refractivity contribution in [3.63, 3.8) is 0 Å². The highest BCUT2D eigenvalue weighted by Gasteiger charge is 2.01. The van der Waals surface area contributed by atoms with E-state index >= 15 is 0 Å². The summed E-state index contributed by atoms with van der Waals surface area (Å²) in [4.78, 5) is 0. The van der Waals surface area contributed by atoms with Crippen molar-refractivity contribution in [2.24, 2.45) is 0 Å². The summed E-state index contributed by atoms with van der Waals surface area (Å²) in [5.41, 5.74) is 12.9. The molecule has 0 unspecified atom stereocenters. The van der Waals surface area contributed by atoms with Gasteiger partial charge < -0.3 is 30.4 Å². The first-order valence-electron chi connectivity index (χ1n) is 14.2. The summed E-state index contributed by atoms with van der Waals surface area (Å²) in [6.45, 7) is 1.48. The molecule has 0 radical (unpaired) electrons. The third kappa shape index (κ3) is 10.4. The third-order valence-corrected chi connectivity index (χ3v) is 6.46. The maximum atomic E-state index is 5.88. The fourth-order valence-corrected chi connectivity index (χ4v) is 4.20. The summed E-state index contributed by atoms with van der Waals surface area (Å²) >= 11 is 0. The predicted octanol–water partition coefficient (Wildman–Crippen LogP) is 9.01. The van der Waals surface area contributed by atoms with Gasteiger partial charge >= 0.3 is 0 Å². The number of nitrogen functional groups attached to an aromatic ring is 2. The van der Waals surface area contributed by atoms with Gasteiger partial charge in [0.15, 0.2) is 0 Å². The molecule has 0 aliphatic carbocycles. The number of ether oxygens (including phenoxy) is 4. The van der Waals surface area contributed by atoms with Crippen molar-refractivity contribution in [1.29, 1.82) is 0 Å². The van der Waals surface area contributed by atoms with Crippen LogP contribution in [0.4, 0.5) is 11.4 Å². The highest BCUT2D eigenvalue weighted by atomic mass is 16.5. The van der Waals surface area contributed by atoms with Crippen molar-refractivity contribution in [3.05, 3.63) is 97.1 Å². The van der Waals surface area contributed by atoms with E-state index < -0.39 is 0 Å². The van der Waals surface area contributed by atoms with E-state index in [4.69, 9.17) is 30.4 Å². The average molecular weight is 541 g/mol. The number of rotatable bonds is 17. The molecule has 0 atom stereocenters. The number of nitrogens with two attached hydrogens (primary N) is 2. The zero-order valence-electron chi connectivity index (χ0n) is 23.1. The molecule has 0 saturated carbocycles. The van der Waals surface area contributed by atoms with Crippen molar-refractivity contribution >= 4 is 11.4 Å². The Bertz CT molecular complexity index is 1140. The molecule has 6 nitrogen and oxygen atoms in total. The number of benzene rings is 4. The molecule has 4 rings (SSSR count). The summed E-state index contributed by atoms with van der Waals surface area (Å²) in [6, 6.07) is 30.2. The molecule has 210 valence electrons. The van der Waals surface area contributed by atoms with E-state index in [0.717, 1.165) is 71.9 Å². The van der Waals surface area contributed by atoms with Gasteiger partial charge in [-0.05, 0) is 110 Å². The summed E-state index contributed by atoms with van der Waals surface area (Å²) < 4.78 is 23.4. The van der Waals surface area contributed by atoms with Crippen molar-refractivity contribution in [2.45, 2.75) is 51.4 Å². The Labute approximate surface area is 237 Å². The van der Waals surface area contributed by atoms with Gasteiger partial charge in [-0.3, -0.25) is 0 Å². The molecule has 6 heteroatoms. The van der Waals surface area contributed by atoms with Crippen molar-refractivity contribution in [1.82, 2.24) is 0 Å². The van der Waals surface area contributed by atoms with Crippen LogP contribution in [0.3, 0.4) is 0 Å². The van der Waals surface area contributed by atoms with Gasteiger partial charge in [0.25, 0.3) is 0 Å². The lowest BCUT2D eigenvalue weighted by molar-refractivity contribution is 0.300. The molecule has 0 aromatic heterocycles. The minimum absolute atomic E-state index is 0.721. The second-order valence-electron chi connectivity index (χ2n) is 9.81. The van der Waals surface area contributed by atoms with Crippen LogP contribution in [0.1, 0.15) is 51.4 Å². The number of hydrogen-bond acceptors (Lipinski definition) is 6. The van der Waals surface area contributed by atoms with Crippen LogP contribution in [0, 0.1) is 0 Å². The summed E-state index contributed by atoms with van der Waals surface area (Å²) in [6.07, 6.45) is 9.57. The van der Waals surface area contributed by atoms with Crippen LogP contribution in [0.5, 0.6) is 34.5 Å². The van der Waals surface area contributed by atoms with Gasteiger partial charge in [-0.1, -0.05) is 38.5 Å². The molecule has 0 heterocycles. The summed E-state index contributed by atoms with van der Waals surface area (Å²) in [5.74, 6) is 4.82. The first kappa shape index (κ1) is 28.7. The molecule has 0 aliphatic rings. The Kier molecular flexibility index (Phi) is 11.4. The Morgan fingerprint density at radius 2 is 0.575 bits per heavy atom. The van der Waals surface area contributed by atoms with Crippen LogP contribution in [0.2, 0.25) is 0 Å². The molecular formula is C34H40N2O4. The maximum absolute atomic E-state index is 5.88. The zero-order valence-corrected chi connectivity index (χ0v) is 23.1. The zero-order chi connectivity index (χ0) is 27.8. The topological polar surface area (TPSA) is 89.0 Å². The molecule has 0 aliphatic heterocycles. The lowest BCUT2D eigenvalue weighted by atomic mass is 10.1. The van der Waals surface area contributed by atoms with Crippen LogP contribution < -0.4 is 30.4 Å². The second-order valence-corrected chi connectivity index (χ2v) is 9.81. The van der Waals surface area contributed by atoms with E-state index in [-0.39, 0.29) is 0 Å². The van der Waals surface area contributed by atoms with Crippen molar-refractivity contribution in [2.75, 3.05) is 24.7 Å². The Balaban J connectivity index is 0.961. The lowest BCUT2D eigenvalue weighted by Crippen LogP contribution is -1.98. The highest BCUT2D eigenvalue weighted by Crippen LogP contribution is 2.26. The first-order chi connectivity index (χ1) is 19.6. The Morgan fingerprint density at radius 1 is 0.325 bits per heavy atom. The van der Waals surface area contributed by atoms with Crippen LogP contribution in [0.25, 0.3) is 0 Å². The third-order valence-electron chi connectivity index (χ3n) is 6.46. The standard InChI is InChI=1S/C34H40N2O4/c35-27-9-13-31(14-10-27)39-33-21-17-29(18-22-33)37-25-7-5-3-1-2-4-6-8-26-38-30-19-23-34(24-20-30)40-32-15-11-28(36)12-16-32/h9-24H,1-8,25-26,35-36H2. The molecular weight excluding hydrogens is 500 g/mol. The maximum Gasteiger partial charge on any atom is 0.127 e. The van der Waals surface area contributed by atoms with Crippen LogP contribution >= 0.6 is 0 Å². The molecule has 4 aromatic rings. The van der Waals surface area contributed by atoms with E-state index in [1.165, 1.54) is 38.5 Å². The smallest absolute Gasteiger partial charge is 0.127 e. The molecule has 0 spiro atoms. The predicted molar refractivity (Wildman–Crippen MR) is 163 cm³/mol. The summed E-state index contributed by atoms with van der Waals surface area (Å²) in [7, 11) is 0. The van der Waals surface area contributed by atoms with Gasteiger partial charge in [-0.2, -0.15) is 0 Å². The van der Waals surface area contributed by atoms with Gasteiger partial charge in [-0.25, -0.2) is 0 Å². The van der Waals surface area contributed by atoms with Crippen LogP contribution in [0.15, 0.2) is 97.1 Å². The van der Waals surface area contributed by atoms with E-state index in [9.17, 15) is 0 Å². The molecule has 0 bridgehead atoms. The average Bonchev–Trinajstić information content (AvgIpc) is 2.98.